The molecule has 6 nitrogen and oxygen atoms in total. The topological polar surface area (TPSA) is 66.0 Å². The summed E-state index contributed by atoms with van der Waals surface area (Å²) in [7, 11) is 0. The van der Waals surface area contributed by atoms with Crippen LogP contribution in [0.15, 0.2) is 29.3 Å². The minimum Gasteiger partial charge on any atom is -0.373 e. The van der Waals surface area contributed by atoms with Gasteiger partial charge in [-0.2, -0.15) is 0 Å². The summed E-state index contributed by atoms with van der Waals surface area (Å²) in [6.07, 6.45) is 2.19. The van der Waals surface area contributed by atoms with Gasteiger partial charge in [0.05, 0.1) is 12.1 Å². The molecule has 1 fully saturated rings. The average Bonchev–Trinajstić information content (AvgIpc) is 3.12. The molecule has 1 aromatic carbocycles. The van der Waals surface area contributed by atoms with Crippen molar-refractivity contribution in [3.8, 4) is 0 Å². The van der Waals surface area contributed by atoms with Gasteiger partial charge in [-0.05, 0) is 58.2 Å². The summed E-state index contributed by atoms with van der Waals surface area (Å²) in [5, 5.41) is 6.66. The van der Waals surface area contributed by atoms with E-state index in [2.05, 4.69) is 29.5 Å². The number of guanidine groups is 1. The summed E-state index contributed by atoms with van der Waals surface area (Å²) in [4.78, 5) is 18.9. The average molecular weight is 375 g/mol. The molecule has 1 unspecified atom stereocenters. The Balaban J connectivity index is 1.95. The van der Waals surface area contributed by atoms with Gasteiger partial charge in [0.1, 0.15) is 0 Å². The second-order valence-corrected chi connectivity index (χ2v) is 7.13. The number of hydrogen-bond acceptors (Lipinski definition) is 3. The highest BCUT2D eigenvalue weighted by atomic mass is 16.5. The van der Waals surface area contributed by atoms with Gasteiger partial charge in [0.2, 0.25) is 0 Å². The molecule has 6 heteroatoms. The lowest BCUT2D eigenvalue weighted by Crippen LogP contribution is -2.45. The smallest absolute Gasteiger partial charge is 0.253 e. The predicted octanol–water partition coefficient (Wildman–Crippen LogP) is 2.79. The third kappa shape index (κ3) is 6.24. The number of hydrogen-bond donors (Lipinski definition) is 2. The van der Waals surface area contributed by atoms with Gasteiger partial charge in [-0.1, -0.05) is 12.1 Å². The summed E-state index contributed by atoms with van der Waals surface area (Å²) in [6.45, 7) is 12.6. The maximum Gasteiger partial charge on any atom is 0.253 e. The first-order valence-corrected chi connectivity index (χ1v) is 10.1. The fourth-order valence-electron chi connectivity index (χ4n) is 3.21. The van der Waals surface area contributed by atoms with Crippen LogP contribution in [0.1, 0.15) is 56.5 Å². The second kappa shape index (κ2) is 10.3. The van der Waals surface area contributed by atoms with E-state index in [1.165, 1.54) is 0 Å². The molecule has 1 aliphatic heterocycles. The zero-order valence-electron chi connectivity index (χ0n) is 17.2. The van der Waals surface area contributed by atoms with Crippen LogP contribution in [0.25, 0.3) is 0 Å². The number of carbonyl (C=O) groups excluding carboxylic acids is 1. The molecule has 1 aromatic rings. The van der Waals surface area contributed by atoms with Crippen LogP contribution < -0.4 is 10.6 Å². The maximum absolute atomic E-state index is 12.4. The minimum atomic E-state index is -0.109. The first-order valence-electron chi connectivity index (χ1n) is 10.1. The van der Waals surface area contributed by atoms with Gasteiger partial charge in [-0.25, -0.2) is 4.99 Å². The van der Waals surface area contributed by atoms with Gasteiger partial charge in [0, 0.05) is 38.3 Å². The highest BCUT2D eigenvalue weighted by molar-refractivity contribution is 5.94. The van der Waals surface area contributed by atoms with Crippen molar-refractivity contribution in [1.82, 2.24) is 15.5 Å². The molecule has 0 radical (unpaired) electrons. The van der Waals surface area contributed by atoms with Crippen molar-refractivity contribution in [3.63, 3.8) is 0 Å². The SMILES string of the molecule is CCNC(=NCc1ccc(C(=O)N(CC)CC)cc1)NCC1(C)CCCO1. The number of benzene rings is 1. The largest absolute Gasteiger partial charge is 0.373 e. The third-order valence-electron chi connectivity index (χ3n) is 4.95. The Morgan fingerprint density at radius 3 is 2.44 bits per heavy atom. The first kappa shape index (κ1) is 21.2. The van der Waals surface area contributed by atoms with Gasteiger partial charge in [0.15, 0.2) is 5.96 Å². The molecular weight excluding hydrogens is 340 g/mol. The van der Waals surface area contributed by atoms with Gasteiger partial charge in [-0.3, -0.25) is 4.79 Å². The van der Waals surface area contributed by atoms with Crippen molar-refractivity contribution in [2.24, 2.45) is 4.99 Å². The van der Waals surface area contributed by atoms with Gasteiger partial charge >= 0.3 is 0 Å². The normalized spacial score (nSPS) is 19.8. The Labute approximate surface area is 163 Å². The van der Waals surface area contributed by atoms with Crippen LogP contribution in [0.5, 0.6) is 0 Å². The van der Waals surface area contributed by atoms with Crippen LogP contribution >= 0.6 is 0 Å². The van der Waals surface area contributed by atoms with Gasteiger partial charge in [0.25, 0.3) is 5.91 Å². The highest BCUT2D eigenvalue weighted by Gasteiger charge is 2.29. The zero-order chi connectivity index (χ0) is 19.7. The molecule has 27 heavy (non-hydrogen) atoms. The monoisotopic (exact) mass is 374 g/mol. The summed E-state index contributed by atoms with van der Waals surface area (Å²) >= 11 is 0. The molecule has 1 atom stereocenters. The Morgan fingerprint density at radius 1 is 1.19 bits per heavy atom. The Morgan fingerprint density at radius 2 is 1.89 bits per heavy atom. The summed E-state index contributed by atoms with van der Waals surface area (Å²) < 4.78 is 5.82. The molecule has 150 valence electrons. The van der Waals surface area contributed by atoms with Crippen molar-refractivity contribution in [2.45, 2.75) is 52.7 Å². The minimum absolute atomic E-state index is 0.0786. The zero-order valence-corrected chi connectivity index (χ0v) is 17.2. The molecular formula is C21H34N4O2. The van der Waals surface area contributed by atoms with Gasteiger partial charge < -0.3 is 20.3 Å². The van der Waals surface area contributed by atoms with Crippen LogP contribution in [-0.2, 0) is 11.3 Å². The molecule has 1 saturated heterocycles. The van der Waals surface area contributed by atoms with Crippen LogP contribution in [0.3, 0.4) is 0 Å². The lowest BCUT2D eigenvalue weighted by Gasteiger charge is -2.24. The molecule has 2 rings (SSSR count). The number of ether oxygens (including phenoxy) is 1. The van der Waals surface area contributed by atoms with E-state index in [1.807, 2.05) is 43.0 Å². The molecule has 0 aliphatic carbocycles. The Kier molecular flexibility index (Phi) is 8.10. The number of rotatable bonds is 8. The van der Waals surface area contributed by atoms with Gasteiger partial charge in [-0.15, -0.1) is 0 Å². The number of amides is 1. The number of aliphatic imine (C=N–C) groups is 1. The Hall–Kier alpha value is -2.08. The van der Waals surface area contributed by atoms with E-state index in [9.17, 15) is 4.79 Å². The molecule has 2 N–H and O–H groups in total. The molecule has 1 amide bonds. The number of carbonyl (C=O) groups is 1. The van der Waals surface area contributed by atoms with Crippen LogP contribution in [0, 0.1) is 0 Å². The van der Waals surface area contributed by atoms with E-state index in [0.717, 1.165) is 62.7 Å². The summed E-state index contributed by atoms with van der Waals surface area (Å²) in [6, 6.07) is 7.73. The maximum atomic E-state index is 12.4. The standard InChI is InChI=1S/C21H34N4O2/c1-5-22-20(24-16-21(4)13-8-14-27-21)23-15-17-9-11-18(12-10-17)19(26)25(6-2)7-3/h9-12H,5-8,13-16H2,1-4H3,(H2,22,23,24). The predicted molar refractivity (Wildman–Crippen MR) is 110 cm³/mol. The van der Waals surface area contributed by atoms with E-state index >= 15 is 0 Å². The van der Waals surface area contributed by atoms with E-state index in [0.29, 0.717) is 6.54 Å². The number of nitrogens with one attached hydrogen (secondary N) is 2. The number of nitrogens with zero attached hydrogens (tertiary/aromatic N) is 2. The first-order chi connectivity index (χ1) is 13.0. The summed E-state index contributed by atoms with van der Waals surface area (Å²) in [5.74, 6) is 0.868. The molecule has 1 aliphatic rings. The van der Waals surface area contributed by atoms with Crippen LogP contribution in [0.4, 0.5) is 0 Å². The molecule has 0 aromatic heterocycles. The molecule has 0 spiro atoms. The fraction of sp³-hybridized carbons (Fsp3) is 0.619. The fourth-order valence-corrected chi connectivity index (χ4v) is 3.21. The molecule has 1 heterocycles. The Bertz CT molecular complexity index is 618. The van der Waals surface area contributed by atoms with Crippen molar-refractivity contribution in [2.75, 3.05) is 32.8 Å². The quantitative estimate of drug-likeness (QED) is 0.542. The third-order valence-corrected chi connectivity index (χ3v) is 4.95. The van der Waals surface area contributed by atoms with E-state index in [1.54, 1.807) is 0 Å². The van der Waals surface area contributed by atoms with E-state index in [-0.39, 0.29) is 11.5 Å². The van der Waals surface area contributed by atoms with Crippen LogP contribution in [-0.4, -0.2) is 55.2 Å². The molecule has 0 bridgehead atoms. The van der Waals surface area contributed by atoms with Crippen molar-refractivity contribution in [3.05, 3.63) is 35.4 Å². The van der Waals surface area contributed by atoms with Crippen LogP contribution in [0.2, 0.25) is 0 Å². The lowest BCUT2D eigenvalue weighted by molar-refractivity contribution is 0.0242. The molecule has 0 saturated carbocycles. The van der Waals surface area contributed by atoms with E-state index in [4.69, 9.17) is 4.74 Å². The second-order valence-electron chi connectivity index (χ2n) is 7.13. The van der Waals surface area contributed by atoms with Crippen molar-refractivity contribution >= 4 is 11.9 Å². The van der Waals surface area contributed by atoms with Crippen molar-refractivity contribution < 1.29 is 9.53 Å². The van der Waals surface area contributed by atoms with E-state index < -0.39 is 0 Å². The highest BCUT2D eigenvalue weighted by Crippen LogP contribution is 2.23. The summed E-state index contributed by atoms with van der Waals surface area (Å²) in [5.41, 5.74) is 1.69. The lowest BCUT2D eigenvalue weighted by atomic mass is 10.0. The van der Waals surface area contributed by atoms with Crippen molar-refractivity contribution in [1.29, 1.82) is 0 Å².